The standard InChI is InChI=1S/C8H8INO4/c1-14-7(11)8(10(12)13)4-2-6(9)3-5-8/h2-4H,5H2,1H3. The van der Waals surface area contributed by atoms with Crippen molar-refractivity contribution in [3.63, 3.8) is 0 Å². The number of carbonyl (C=O) groups is 1. The van der Waals surface area contributed by atoms with E-state index >= 15 is 0 Å². The molecule has 0 aromatic rings. The lowest BCUT2D eigenvalue weighted by Crippen LogP contribution is -2.45. The predicted molar refractivity (Wildman–Crippen MR) is 57.6 cm³/mol. The van der Waals surface area contributed by atoms with Gasteiger partial charge in [0, 0.05) is 14.6 Å². The largest absolute Gasteiger partial charge is 0.463 e. The predicted octanol–water partition coefficient (Wildman–Crippen LogP) is 1.45. The average molecular weight is 309 g/mol. The summed E-state index contributed by atoms with van der Waals surface area (Å²) >= 11 is 2.03. The van der Waals surface area contributed by atoms with E-state index in [1.165, 1.54) is 6.08 Å². The summed E-state index contributed by atoms with van der Waals surface area (Å²) in [7, 11) is 1.14. The molecule has 6 heteroatoms. The molecule has 0 saturated heterocycles. The van der Waals surface area contributed by atoms with Gasteiger partial charge in [0.2, 0.25) is 0 Å². The van der Waals surface area contributed by atoms with Crippen molar-refractivity contribution in [3.8, 4) is 0 Å². The number of ether oxygens (including phenoxy) is 1. The van der Waals surface area contributed by atoms with Gasteiger partial charge in [0.1, 0.15) is 0 Å². The van der Waals surface area contributed by atoms with Crippen molar-refractivity contribution in [2.75, 3.05) is 7.11 Å². The van der Waals surface area contributed by atoms with Crippen LogP contribution in [0.3, 0.4) is 0 Å². The molecule has 0 N–H and O–H groups in total. The third-order valence-electron chi connectivity index (χ3n) is 1.99. The molecule has 0 aromatic heterocycles. The lowest BCUT2D eigenvalue weighted by molar-refractivity contribution is -0.540. The van der Waals surface area contributed by atoms with Gasteiger partial charge in [-0.3, -0.25) is 10.1 Å². The number of carbonyl (C=O) groups excluding carboxylic acids is 1. The molecule has 0 aliphatic heterocycles. The summed E-state index contributed by atoms with van der Waals surface area (Å²) in [6.45, 7) is 0. The molecule has 1 aliphatic carbocycles. The highest BCUT2D eigenvalue weighted by atomic mass is 127. The Morgan fingerprint density at radius 3 is 2.79 bits per heavy atom. The van der Waals surface area contributed by atoms with Crippen molar-refractivity contribution in [2.45, 2.75) is 12.0 Å². The maximum atomic E-state index is 11.3. The van der Waals surface area contributed by atoms with Crippen LogP contribution >= 0.6 is 22.6 Å². The van der Waals surface area contributed by atoms with E-state index < -0.39 is 16.4 Å². The Balaban J connectivity index is 3.04. The fourth-order valence-electron chi connectivity index (χ4n) is 1.14. The van der Waals surface area contributed by atoms with Gasteiger partial charge in [-0.05, 0) is 28.7 Å². The number of esters is 1. The van der Waals surface area contributed by atoms with Gasteiger partial charge in [0.15, 0.2) is 0 Å². The quantitative estimate of drug-likeness (QED) is 0.335. The first kappa shape index (κ1) is 11.2. The monoisotopic (exact) mass is 309 g/mol. The van der Waals surface area contributed by atoms with Crippen LogP contribution in [0.1, 0.15) is 6.42 Å². The molecule has 5 nitrogen and oxygen atoms in total. The Kier molecular flexibility index (Phi) is 3.25. The number of methoxy groups -OCH3 is 1. The lowest BCUT2D eigenvalue weighted by atomic mass is 9.92. The topological polar surface area (TPSA) is 69.4 Å². The molecular formula is C8H8INO4. The highest BCUT2D eigenvalue weighted by molar-refractivity contribution is 14.1. The van der Waals surface area contributed by atoms with Gasteiger partial charge in [0.25, 0.3) is 0 Å². The highest BCUT2D eigenvalue weighted by Crippen LogP contribution is 2.27. The number of nitro groups is 1. The number of halogens is 1. The Morgan fingerprint density at radius 2 is 2.43 bits per heavy atom. The first-order valence-corrected chi connectivity index (χ1v) is 4.88. The molecular weight excluding hydrogens is 301 g/mol. The molecule has 1 rings (SSSR count). The van der Waals surface area contributed by atoms with Gasteiger partial charge >= 0.3 is 11.5 Å². The Bertz CT molecular complexity index is 336. The average Bonchev–Trinajstić information content (AvgIpc) is 2.18. The normalized spacial score (nSPS) is 25.4. The molecule has 14 heavy (non-hydrogen) atoms. The summed E-state index contributed by atoms with van der Waals surface area (Å²) < 4.78 is 5.30. The van der Waals surface area contributed by atoms with E-state index in [4.69, 9.17) is 0 Å². The van der Waals surface area contributed by atoms with E-state index in [1.807, 2.05) is 22.6 Å². The van der Waals surface area contributed by atoms with Gasteiger partial charge in [-0.2, -0.15) is 0 Å². The second-order valence-corrected chi connectivity index (χ2v) is 4.05. The maximum absolute atomic E-state index is 11.3. The summed E-state index contributed by atoms with van der Waals surface area (Å²) in [5, 5.41) is 10.8. The summed E-state index contributed by atoms with van der Waals surface area (Å²) in [4.78, 5) is 21.5. The number of allylic oxidation sites excluding steroid dienone is 2. The van der Waals surface area contributed by atoms with Crippen LogP contribution in [0.25, 0.3) is 0 Å². The summed E-state index contributed by atoms with van der Waals surface area (Å²) in [6, 6.07) is 0. The summed E-state index contributed by atoms with van der Waals surface area (Å²) in [6.07, 6.45) is 4.51. The SMILES string of the molecule is COC(=O)C1([N+](=O)[O-])C=CC(I)=CC1. The smallest absolute Gasteiger partial charge is 0.389 e. The van der Waals surface area contributed by atoms with E-state index in [1.54, 1.807) is 12.2 Å². The molecule has 0 spiro atoms. The van der Waals surface area contributed by atoms with Crippen molar-refractivity contribution in [3.05, 3.63) is 31.9 Å². The summed E-state index contributed by atoms with van der Waals surface area (Å²) in [5.41, 5.74) is -1.73. The van der Waals surface area contributed by atoms with Gasteiger partial charge in [-0.15, -0.1) is 0 Å². The van der Waals surface area contributed by atoms with Gasteiger partial charge in [0.05, 0.1) is 13.5 Å². The molecule has 1 aliphatic rings. The van der Waals surface area contributed by atoms with Gasteiger partial charge in [-0.25, -0.2) is 4.79 Å². The lowest BCUT2D eigenvalue weighted by Gasteiger charge is -2.19. The van der Waals surface area contributed by atoms with Crippen LogP contribution in [0, 0.1) is 10.1 Å². The second-order valence-electron chi connectivity index (χ2n) is 2.80. The van der Waals surface area contributed by atoms with Crippen molar-refractivity contribution < 1.29 is 14.5 Å². The van der Waals surface area contributed by atoms with E-state index in [0.29, 0.717) is 0 Å². The number of nitrogens with zero attached hydrogens (tertiary/aromatic N) is 1. The maximum Gasteiger partial charge on any atom is 0.389 e. The number of rotatable bonds is 2. The Labute approximate surface area is 94.1 Å². The summed E-state index contributed by atoms with van der Waals surface area (Å²) in [5.74, 6) is -0.834. The molecule has 0 heterocycles. The van der Waals surface area contributed by atoms with E-state index in [0.717, 1.165) is 10.7 Å². The molecule has 1 unspecified atom stereocenters. The van der Waals surface area contributed by atoms with Crippen LogP contribution in [0.4, 0.5) is 0 Å². The Morgan fingerprint density at radius 1 is 1.79 bits per heavy atom. The zero-order valence-electron chi connectivity index (χ0n) is 7.40. The van der Waals surface area contributed by atoms with E-state index in [2.05, 4.69) is 4.74 Å². The number of hydrogen-bond donors (Lipinski definition) is 0. The first-order chi connectivity index (χ1) is 6.53. The van der Waals surface area contributed by atoms with Gasteiger partial charge in [-0.1, -0.05) is 6.08 Å². The van der Waals surface area contributed by atoms with Crippen LogP contribution in [0.2, 0.25) is 0 Å². The second kappa shape index (κ2) is 4.07. The molecule has 76 valence electrons. The van der Waals surface area contributed by atoms with Gasteiger partial charge < -0.3 is 4.74 Å². The van der Waals surface area contributed by atoms with Crippen molar-refractivity contribution in [1.82, 2.24) is 0 Å². The number of hydrogen-bond acceptors (Lipinski definition) is 4. The minimum Gasteiger partial charge on any atom is -0.463 e. The molecule has 0 radical (unpaired) electrons. The molecule has 1 atom stereocenters. The third kappa shape index (κ3) is 1.79. The van der Waals surface area contributed by atoms with E-state index in [9.17, 15) is 14.9 Å². The fraction of sp³-hybridized carbons (Fsp3) is 0.375. The molecule has 0 fully saturated rings. The highest BCUT2D eigenvalue weighted by Gasteiger charge is 2.50. The zero-order valence-corrected chi connectivity index (χ0v) is 9.55. The van der Waals surface area contributed by atoms with Crippen LogP contribution < -0.4 is 0 Å². The third-order valence-corrected chi connectivity index (χ3v) is 2.79. The van der Waals surface area contributed by atoms with Crippen molar-refractivity contribution >= 4 is 28.6 Å². The van der Waals surface area contributed by atoms with E-state index in [-0.39, 0.29) is 6.42 Å². The van der Waals surface area contributed by atoms with Crippen LogP contribution in [-0.4, -0.2) is 23.5 Å². The van der Waals surface area contributed by atoms with Crippen LogP contribution in [0.15, 0.2) is 21.8 Å². The van der Waals surface area contributed by atoms with Crippen LogP contribution in [-0.2, 0) is 9.53 Å². The zero-order chi connectivity index (χ0) is 10.8. The molecule has 0 aromatic carbocycles. The minimum absolute atomic E-state index is 0.0431. The Hall–Kier alpha value is -0.920. The van der Waals surface area contributed by atoms with Crippen molar-refractivity contribution in [2.24, 2.45) is 0 Å². The minimum atomic E-state index is -1.73. The fourth-order valence-corrected chi connectivity index (χ4v) is 1.54. The molecule has 0 amide bonds. The molecule has 0 saturated carbocycles. The van der Waals surface area contributed by atoms with Crippen LogP contribution in [0.5, 0.6) is 0 Å². The first-order valence-electron chi connectivity index (χ1n) is 3.81. The molecule has 0 bridgehead atoms. The van der Waals surface area contributed by atoms with Crippen molar-refractivity contribution in [1.29, 1.82) is 0 Å².